The maximum Gasteiger partial charge on any atom is 0.0424 e. The number of para-hydroxylation sites is 1. The average Bonchev–Trinajstić information content (AvgIpc) is 2.47. The quantitative estimate of drug-likeness (QED) is 0.630. The summed E-state index contributed by atoms with van der Waals surface area (Å²) in [5.74, 6) is 0. The van der Waals surface area contributed by atoms with Gasteiger partial charge in [0.1, 0.15) is 0 Å². The van der Waals surface area contributed by atoms with Gasteiger partial charge in [-0.2, -0.15) is 0 Å². The molecule has 1 aliphatic heterocycles. The van der Waals surface area contributed by atoms with Gasteiger partial charge >= 0.3 is 0 Å². The molecule has 1 aliphatic rings. The van der Waals surface area contributed by atoms with Crippen LogP contribution in [-0.2, 0) is 0 Å². The van der Waals surface area contributed by atoms with Crippen LogP contribution >= 0.6 is 0 Å². The van der Waals surface area contributed by atoms with Crippen molar-refractivity contribution in [3.63, 3.8) is 0 Å². The lowest BCUT2D eigenvalue weighted by Gasteiger charge is -2.32. The SMILES string of the molecule is CC1(C)CC=CN1c1ccccc1. The maximum absolute atomic E-state index is 2.33. The van der Waals surface area contributed by atoms with E-state index >= 15 is 0 Å². The Balaban J connectivity index is 2.32. The number of benzene rings is 1. The summed E-state index contributed by atoms with van der Waals surface area (Å²) >= 11 is 0. The lowest BCUT2D eigenvalue weighted by atomic mass is 10.0. The average molecular weight is 173 g/mol. The second-order valence-corrected chi connectivity index (χ2v) is 4.11. The first-order valence-electron chi connectivity index (χ1n) is 4.71. The number of anilines is 1. The van der Waals surface area contributed by atoms with Gasteiger partial charge in [0.05, 0.1) is 0 Å². The fourth-order valence-corrected chi connectivity index (χ4v) is 1.77. The summed E-state index contributed by atoms with van der Waals surface area (Å²) in [7, 11) is 0. The number of hydrogen-bond acceptors (Lipinski definition) is 1. The summed E-state index contributed by atoms with van der Waals surface area (Å²) in [4.78, 5) is 2.33. The van der Waals surface area contributed by atoms with E-state index in [2.05, 4.69) is 61.4 Å². The second kappa shape index (κ2) is 2.91. The second-order valence-electron chi connectivity index (χ2n) is 4.11. The Morgan fingerprint density at radius 3 is 2.38 bits per heavy atom. The topological polar surface area (TPSA) is 3.24 Å². The molecule has 0 N–H and O–H groups in total. The smallest absolute Gasteiger partial charge is 0.0424 e. The van der Waals surface area contributed by atoms with Crippen molar-refractivity contribution in [2.75, 3.05) is 4.90 Å². The number of nitrogens with zero attached hydrogens (tertiary/aromatic N) is 1. The fraction of sp³-hybridized carbons (Fsp3) is 0.333. The normalized spacial score (nSPS) is 19.4. The Bertz CT molecular complexity index is 311. The van der Waals surface area contributed by atoms with E-state index in [0.29, 0.717) is 0 Å². The van der Waals surface area contributed by atoms with Crippen molar-refractivity contribution in [1.29, 1.82) is 0 Å². The highest BCUT2D eigenvalue weighted by Gasteiger charge is 2.27. The molecule has 0 saturated carbocycles. The van der Waals surface area contributed by atoms with Crippen LogP contribution in [-0.4, -0.2) is 5.54 Å². The molecule has 0 fully saturated rings. The van der Waals surface area contributed by atoms with Gasteiger partial charge in [0.15, 0.2) is 0 Å². The molecular weight excluding hydrogens is 158 g/mol. The zero-order valence-electron chi connectivity index (χ0n) is 8.20. The molecule has 0 aromatic heterocycles. The van der Waals surface area contributed by atoms with Crippen LogP contribution < -0.4 is 4.90 Å². The van der Waals surface area contributed by atoms with Crippen LogP contribution in [0.25, 0.3) is 0 Å². The maximum atomic E-state index is 2.33. The highest BCUT2D eigenvalue weighted by atomic mass is 15.2. The molecule has 1 heteroatoms. The van der Waals surface area contributed by atoms with Gasteiger partial charge in [-0.25, -0.2) is 0 Å². The Morgan fingerprint density at radius 2 is 1.85 bits per heavy atom. The van der Waals surface area contributed by atoms with Gasteiger partial charge in [-0.3, -0.25) is 0 Å². The van der Waals surface area contributed by atoms with Crippen molar-refractivity contribution in [2.45, 2.75) is 25.8 Å². The predicted molar refractivity (Wildman–Crippen MR) is 56.8 cm³/mol. The first-order chi connectivity index (χ1) is 6.20. The van der Waals surface area contributed by atoms with Gasteiger partial charge < -0.3 is 4.90 Å². The minimum absolute atomic E-state index is 0.237. The fourth-order valence-electron chi connectivity index (χ4n) is 1.77. The van der Waals surface area contributed by atoms with E-state index in [-0.39, 0.29) is 5.54 Å². The molecule has 0 bridgehead atoms. The van der Waals surface area contributed by atoms with E-state index in [9.17, 15) is 0 Å². The van der Waals surface area contributed by atoms with E-state index in [4.69, 9.17) is 0 Å². The molecule has 0 aliphatic carbocycles. The highest BCUT2D eigenvalue weighted by molar-refractivity contribution is 5.53. The molecule has 1 aromatic carbocycles. The third-order valence-corrected chi connectivity index (χ3v) is 2.56. The van der Waals surface area contributed by atoms with Gasteiger partial charge in [0.2, 0.25) is 0 Å². The van der Waals surface area contributed by atoms with Crippen molar-refractivity contribution >= 4 is 5.69 Å². The van der Waals surface area contributed by atoms with E-state index in [1.165, 1.54) is 5.69 Å². The van der Waals surface area contributed by atoms with Gasteiger partial charge in [-0.15, -0.1) is 0 Å². The lowest BCUT2D eigenvalue weighted by Crippen LogP contribution is -2.36. The molecule has 1 nitrogen and oxygen atoms in total. The minimum atomic E-state index is 0.237. The van der Waals surface area contributed by atoms with Crippen LogP contribution in [0.15, 0.2) is 42.6 Å². The summed E-state index contributed by atoms with van der Waals surface area (Å²) in [6.07, 6.45) is 5.53. The van der Waals surface area contributed by atoms with Gasteiger partial charge in [0.25, 0.3) is 0 Å². The molecule has 68 valence electrons. The highest BCUT2D eigenvalue weighted by Crippen LogP contribution is 2.31. The molecule has 0 saturated heterocycles. The van der Waals surface area contributed by atoms with Gasteiger partial charge in [0, 0.05) is 17.4 Å². The molecular formula is C12H15N. The molecule has 0 amide bonds. The van der Waals surface area contributed by atoms with Crippen molar-refractivity contribution in [3.8, 4) is 0 Å². The Morgan fingerprint density at radius 1 is 1.15 bits per heavy atom. The lowest BCUT2D eigenvalue weighted by molar-refractivity contribution is 0.534. The molecule has 0 unspecified atom stereocenters. The van der Waals surface area contributed by atoms with Gasteiger partial charge in [-0.05, 0) is 32.4 Å². The van der Waals surface area contributed by atoms with E-state index in [1.54, 1.807) is 0 Å². The van der Waals surface area contributed by atoms with Crippen molar-refractivity contribution in [3.05, 3.63) is 42.6 Å². The molecule has 13 heavy (non-hydrogen) atoms. The predicted octanol–water partition coefficient (Wildman–Crippen LogP) is 3.19. The van der Waals surface area contributed by atoms with Crippen molar-refractivity contribution in [1.82, 2.24) is 0 Å². The summed E-state index contributed by atoms with van der Waals surface area (Å²) in [5.41, 5.74) is 1.52. The summed E-state index contributed by atoms with van der Waals surface area (Å²) in [6.45, 7) is 4.53. The Labute approximate surface area is 79.7 Å². The third kappa shape index (κ3) is 1.46. The van der Waals surface area contributed by atoms with Crippen molar-refractivity contribution < 1.29 is 0 Å². The van der Waals surface area contributed by atoms with Crippen LogP contribution in [0.3, 0.4) is 0 Å². The van der Waals surface area contributed by atoms with E-state index < -0.39 is 0 Å². The summed E-state index contributed by atoms with van der Waals surface area (Å²) < 4.78 is 0. The Kier molecular flexibility index (Phi) is 1.87. The zero-order valence-corrected chi connectivity index (χ0v) is 8.20. The summed E-state index contributed by atoms with van der Waals surface area (Å²) in [6, 6.07) is 10.5. The van der Waals surface area contributed by atoms with Crippen LogP contribution in [0.2, 0.25) is 0 Å². The molecule has 2 rings (SSSR count). The first kappa shape index (κ1) is 8.36. The van der Waals surface area contributed by atoms with Crippen LogP contribution in [0.5, 0.6) is 0 Å². The molecule has 0 spiro atoms. The van der Waals surface area contributed by atoms with E-state index in [0.717, 1.165) is 6.42 Å². The molecule has 1 heterocycles. The van der Waals surface area contributed by atoms with Crippen LogP contribution in [0.4, 0.5) is 5.69 Å². The Hall–Kier alpha value is -1.24. The molecule has 0 radical (unpaired) electrons. The standard InChI is InChI=1S/C12H15N/c1-12(2)9-6-10-13(12)11-7-4-3-5-8-11/h3-8,10H,9H2,1-2H3. The summed E-state index contributed by atoms with van der Waals surface area (Å²) in [5, 5.41) is 0. The number of hydrogen-bond donors (Lipinski definition) is 0. The molecule has 0 atom stereocenters. The first-order valence-corrected chi connectivity index (χ1v) is 4.71. The largest absolute Gasteiger partial charge is 0.342 e. The third-order valence-electron chi connectivity index (χ3n) is 2.56. The zero-order chi connectivity index (χ0) is 9.31. The molecule has 1 aromatic rings. The van der Waals surface area contributed by atoms with Crippen LogP contribution in [0.1, 0.15) is 20.3 Å². The monoisotopic (exact) mass is 173 g/mol. The van der Waals surface area contributed by atoms with E-state index in [1.807, 2.05) is 0 Å². The van der Waals surface area contributed by atoms with Gasteiger partial charge in [-0.1, -0.05) is 24.3 Å². The van der Waals surface area contributed by atoms with Crippen molar-refractivity contribution in [2.24, 2.45) is 0 Å². The van der Waals surface area contributed by atoms with Crippen LogP contribution in [0, 0.1) is 0 Å². The number of rotatable bonds is 1. The minimum Gasteiger partial charge on any atom is -0.342 e.